The number of thiophene rings is 1. The molecule has 310 valence electrons. The number of nitrogens with zero attached hydrogens (tertiary/aromatic N) is 3. The smallest absolute Gasteiger partial charge is 0.0590 e. The summed E-state index contributed by atoms with van der Waals surface area (Å²) in [4.78, 5) is 3.87. The van der Waals surface area contributed by atoms with Crippen molar-refractivity contribution in [1.82, 2.24) is 9.13 Å². The first-order valence-electron chi connectivity index (χ1n) is 22.8. The van der Waals surface area contributed by atoms with Crippen LogP contribution in [0.4, 0.5) is 11.4 Å². The second kappa shape index (κ2) is 15.0. The van der Waals surface area contributed by atoms with Crippen molar-refractivity contribution in [1.29, 1.82) is 0 Å². The number of aryl methyl sites for hydroxylation is 2. The van der Waals surface area contributed by atoms with Crippen LogP contribution >= 0.6 is 11.3 Å². The van der Waals surface area contributed by atoms with Gasteiger partial charge >= 0.3 is 0 Å². The zero-order valence-corrected chi connectivity index (χ0v) is 37.0. The van der Waals surface area contributed by atoms with E-state index >= 15 is 0 Å². The SMILES string of the molecule is C=C/C=C\c1c(C)sc2ccc3c(c12)N(c1ccccc1)C1=CC=C(c2ccc4c(c2)c2c(n4-c4ccccc4)C=C(c4cccc5c4c4ccccc4n5-c4ccccc4)CC2)CC13. The van der Waals surface area contributed by atoms with Crippen molar-refractivity contribution in [2.45, 2.75) is 32.1 Å². The summed E-state index contributed by atoms with van der Waals surface area (Å²) in [5.74, 6) is 0.241. The van der Waals surface area contributed by atoms with Crippen LogP contribution in [-0.2, 0) is 6.42 Å². The van der Waals surface area contributed by atoms with E-state index in [-0.39, 0.29) is 5.92 Å². The first kappa shape index (κ1) is 37.9. The van der Waals surface area contributed by atoms with Crippen LogP contribution in [0.2, 0.25) is 0 Å². The molecule has 1 aliphatic heterocycles. The molecule has 0 amide bonds. The number of benzene rings is 7. The Hall–Kier alpha value is -7.66. The minimum atomic E-state index is 0.241. The second-order valence-electron chi connectivity index (χ2n) is 17.6. The maximum atomic E-state index is 3.99. The lowest BCUT2D eigenvalue weighted by Gasteiger charge is -2.27. The minimum Gasteiger partial charge on any atom is -0.313 e. The molecule has 3 aliphatic rings. The number of anilines is 2. The van der Waals surface area contributed by atoms with E-state index in [9.17, 15) is 0 Å². The van der Waals surface area contributed by atoms with Gasteiger partial charge in [-0.05, 0) is 144 Å². The lowest BCUT2D eigenvalue weighted by molar-refractivity contribution is 0.832. The topological polar surface area (TPSA) is 13.1 Å². The molecule has 0 saturated heterocycles. The lowest BCUT2D eigenvalue weighted by Crippen LogP contribution is -2.15. The van der Waals surface area contributed by atoms with Crippen molar-refractivity contribution in [3.8, 4) is 11.4 Å². The maximum Gasteiger partial charge on any atom is 0.0590 e. The van der Waals surface area contributed by atoms with E-state index in [0.29, 0.717) is 0 Å². The molecular weight excluding hydrogens is 807 g/mol. The molecule has 10 aromatic rings. The highest BCUT2D eigenvalue weighted by molar-refractivity contribution is 7.19. The molecular formula is C61H45N3S. The predicted octanol–water partition coefficient (Wildman–Crippen LogP) is 16.5. The normalized spacial score (nSPS) is 15.7. The Morgan fingerprint density at radius 3 is 2.11 bits per heavy atom. The number of hydrogen-bond acceptors (Lipinski definition) is 2. The molecule has 3 aromatic heterocycles. The molecule has 4 heteroatoms. The van der Waals surface area contributed by atoms with Crippen molar-refractivity contribution in [2.75, 3.05) is 4.90 Å². The fourth-order valence-corrected chi connectivity index (χ4v) is 12.4. The molecule has 0 radical (unpaired) electrons. The quantitative estimate of drug-likeness (QED) is 0.146. The van der Waals surface area contributed by atoms with Crippen molar-refractivity contribution >= 4 is 88.8 Å². The maximum absolute atomic E-state index is 3.99. The average Bonchev–Trinajstić information content (AvgIpc) is 4.09. The van der Waals surface area contributed by atoms with E-state index in [0.717, 1.165) is 19.3 Å². The molecule has 0 N–H and O–H groups in total. The van der Waals surface area contributed by atoms with Gasteiger partial charge in [0.25, 0.3) is 0 Å². The van der Waals surface area contributed by atoms with Gasteiger partial charge in [0.05, 0.1) is 27.9 Å². The van der Waals surface area contributed by atoms with Crippen LogP contribution in [0.25, 0.3) is 77.5 Å². The number of rotatable bonds is 7. The largest absolute Gasteiger partial charge is 0.313 e. The Balaban J connectivity index is 0.953. The highest BCUT2D eigenvalue weighted by atomic mass is 32.1. The minimum absolute atomic E-state index is 0.241. The summed E-state index contributed by atoms with van der Waals surface area (Å²) in [7, 11) is 0. The van der Waals surface area contributed by atoms with Gasteiger partial charge in [-0.2, -0.15) is 0 Å². The Morgan fingerprint density at radius 2 is 1.32 bits per heavy atom. The summed E-state index contributed by atoms with van der Waals surface area (Å²) in [6.07, 6.45) is 16.4. The predicted molar refractivity (Wildman–Crippen MR) is 278 cm³/mol. The van der Waals surface area contributed by atoms with Crippen LogP contribution in [0.15, 0.2) is 200 Å². The molecule has 4 heterocycles. The van der Waals surface area contributed by atoms with Crippen LogP contribution < -0.4 is 4.90 Å². The van der Waals surface area contributed by atoms with E-state index < -0.39 is 0 Å². The molecule has 1 unspecified atom stereocenters. The van der Waals surface area contributed by atoms with Crippen molar-refractivity contribution in [2.24, 2.45) is 0 Å². The molecule has 0 spiro atoms. The number of aromatic nitrogens is 2. The molecule has 13 rings (SSSR count). The number of allylic oxidation sites excluding steroid dienone is 7. The average molecular weight is 852 g/mol. The van der Waals surface area contributed by atoms with Crippen LogP contribution in [0.3, 0.4) is 0 Å². The summed E-state index contributed by atoms with van der Waals surface area (Å²) < 4.78 is 6.26. The number of fused-ring (bicyclic) bond motifs is 11. The van der Waals surface area contributed by atoms with Gasteiger partial charge in [-0.25, -0.2) is 0 Å². The molecule has 0 bridgehead atoms. The third-order valence-electron chi connectivity index (χ3n) is 14.1. The summed E-state index contributed by atoms with van der Waals surface area (Å²) >= 11 is 1.88. The monoisotopic (exact) mass is 851 g/mol. The van der Waals surface area contributed by atoms with E-state index in [1.165, 1.54) is 121 Å². The van der Waals surface area contributed by atoms with Gasteiger partial charge in [-0.3, -0.25) is 0 Å². The molecule has 65 heavy (non-hydrogen) atoms. The van der Waals surface area contributed by atoms with Crippen LogP contribution in [0.1, 0.15) is 57.1 Å². The van der Waals surface area contributed by atoms with Gasteiger partial charge in [-0.1, -0.05) is 128 Å². The van der Waals surface area contributed by atoms with E-state index in [1.807, 2.05) is 17.4 Å². The fourth-order valence-electron chi connectivity index (χ4n) is 11.3. The first-order valence-corrected chi connectivity index (χ1v) is 23.6. The van der Waals surface area contributed by atoms with Crippen molar-refractivity contribution in [3.63, 3.8) is 0 Å². The molecule has 0 fully saturated rings. The van der Waals surface area contributed by atoms with Gasteiger partial charge < -0.3 is 14.0 Å². The third-order valence-corrected chi connectivity index (χ3v) is 15.2. The fraction of sp³-hybridized carbons (Fsp3) is 0.0820. The number of para-hydroxylation sites is 4. The molecule has 7 aromatic carbocycles. The Morgan fingerprint density at radius 1 is 0.615 bits per heavy atom. The summed E-state index contributed by atoms with van der Waals surface area (Å²) in [6, 6.07) is 60.4. The Labute approximate surface area is 383 Å². The van der Waals surface area contributed by atoms with Crippen LogP contribution in [0.5, 0.6) is 0 Å². The Bertz CT molecular complexity index is 3700. The van der Waals surface area contributed by atoms with Gasteiger partial charge in [0.1, 0.15) is 0 Å². The first-order chi connectivity index (χ1) is 32.1. The van der Waals surface area contributed by atoms with Gasteiger partial charge in [0.2, 0.25) is 0 Å². The zero-order valence-electron chi connectivity index (χ0n) is 36.2. The van der Waals surface area contributed by atoms with Gasteiger partial charge in [-0.15, -0.1) is 11.3 Å². The van der Waals surface area contributed by atoms with E-state index in [2.05, 4.69) is 222 Å². The van der Waals surface area contributed by atoms with E-state index in [4.69, 9.17) is 0 Å². The standard InChI is InChI=1S/C61H45N3S/c1-3-4-23-46-39(2)65-58-35-32-49-52-37-41(30-34-55(52)64(61(49)60(46)58)45-21-12-7-13-22-45)40-29-33-54-51(36-40)48-31-28-42(38-57(48)63(54)44-19-10-6-11-20-44)47-25-16-27-56-59(47)50-24-14-15-26-53(50)62(56)43-17-8-5-9-18-43/h3-27,29-30,32-36,38,52H,1,28,31,37H2,2H3/b23-4-. The van der Waals surface area contributed by atoms with Crippen LogP contribution in [-0.4, -0.2) is 9.13 Å². The second-order valence-corrected chi connectivity index (χ2v) is 18.8. The van der Waals surface area contributed by atoms with Crippen molar-refractivity contribution < 1.29 is 0 Å². The molecule has 2 aliphatic carbocycles. The van der Waals surface area contributed by atoms with E-state index in [1.54, 1.807) is 0 Å². The number of hydrogen-bond donors (Lipinski definition) is 0. The lowest BCUT2D eigenvalue weighted by atomic mass is 9.84. The third kappa shape index (κ3) is 5.80. The van der Waals surface area contributed by atoms with Crippen molar-refractivity contribution in [3.05, 3.63) is 239 Å². The summed E-state index contributed by atoms with van der Waals surface area (Å²) in [6.45, 7) is 6.24. The summed E-state index contributed by atoms with van der Waals surface area (Å²) in [5, 5.41) is 5.29. The van der Waals surface area contributed by atoms with Gasteiger partial charge in [0.15, 0.2) is 0 Å². The van der Waals surface area contributed by atoms with Gasteiger partial charge in [0, 0.05) is 59.8 Å². The summed E-state index contributed by atoms with van der Waals surface area (Å²) in [5.41, 5.74) is 20.8. The molecule has 3 nitrogen and oxygen atoms in total. The van der Waals surface area contributed by atoms with Crippen LogP contribution in [0, 0.1) is 6.92 Å². The highest BCUT2D eigenvalue weighted by Crippen LogP contribution is 2.57. The molecule has 0 saturated carbocycles. The zero-order chi connectivity index (χ0) is 43.2. The Kier molecular flexibility index (Phi) is 8.72. The molecule has 1 atom stereocenters. The highest BCUT2D eigenvalue weighted by Gasteiger charge is 2.39.